The van der Waals surface area contributed by atoms with Gasteiger partial charge in [0.15, 0.2) is 0 Å². The van der Waals surface area contributed by atoms with E-state index in [1.165, 1.54) is 11.1 Å². The number of nitrogens with two attached hydrogens (primary N) is 1. The maximum Gasteiger partial charge on any atom is 0.103 e. The second-order valence-electron chi connectivity index (χ2n) is 5.25. The summed E-state index contributed by atoms with van der Waals surface area (Å²) in [6, 6.07) is 10.2. The Morgan fingerprint density at radius 3 is 3.10 bits per heavy atom. The molecular weight excluding hydrogens is 250 g/mol. The first kappa shape index (κ1) is 13.3. The standard InChI is InChI=1S/C16H21N3O/c1-2-10-19-14(7-9-18-19)15(17)16-13-6-4-3-5-12(13)8-11-20-16/h3-7,9,15-16H,2,8,10-11,17H2,1H3. The average molecular weight is 271 g/mol. The molecule has 0 amide bonds. The van der Waals surface area contributed by atoms with Crippen LogP contribution in [0.5, 0.6) is 0 Å². The number of hydrogen-bond acceptors (Lipinski definition) is 3. The lowest BCUT2D eigenvalue weighted by Crippen LogP contribution is -2.29. The number of fused-ring (bicyclic) bond motifs is 1. The van der Waals surface area contributed by atoms with E-state index in [0.717, 1.165) is 31.7 Å². The fourth-order valence-electron chi connectivity index (χ4n) is 2.90. The van der Waals surface area contributed by atoms with Crippen LogP contribution in [0.3, 0.4) is 0 Å². The van der Waals surface area contributed by atoms with Crippen LogP contribution in [0.2, 0.25) is 0 Å². The summed E-state index contributed by atoms with van der Waals surface area (Å²) in [4.78, 5) is 0. The second kappa shape index (κ2) is 5.77. The summed E-state index contributed by atoms with van der Waals surface area (Å²) in [6.07, 6.45) is 3.75. The lowest BCUT2D eigenvalue weighted by molar-refractivity contribution is 0.0222. The summed E-state index contributed by atoms with van der Waals surface area (Å²) in [5.74, 6) is 0. The molecule has 0 saturated carbocycles. The van der Waals surface area contributed by atoms with Crippen LogP contribution >= 0.6 is 0 Å². The Morgan fingerprint density at radius 1 is 1.40 bits per heavy atom. The summed E-state index contributed by atoms with van der Waals surface area (Å²) in [5.41, 5.74) is 10.1. The van der Waals surface area contributed by atoms with E-state index in [1.807, 2.05) is 16.9 Å². The molecule has 0 bridgehead atoms. The molecule has 1 aromatic carbocycles. The van der Waals surface area contributed by atoms with Crippen LogP contribution < -0.4 is 5.73 Å². The fourth-order valence-corrected chi connectivity index (χ4v) is 2.90. The lowest BCUT2D eigenvalue weighted by Gasteiger charge is -2.30. The van der Waals surface area contributed by atoms with E-state index in [4.69, 9.17) is 10.5 Å². The molecule has 2 heterocycles. The molecule has 4 heteroatoms. The van der Waals surface area contributed by atoms with E-state index in [-0.39, 0.29) is 12.1 Å². The number of hydrogen-bond donors (Lipinski definition) is 1. The van der Waals surface area contributed by atoms with Crippen molar-refractivity contribution in [3.05, 3.63) is 53.3 Å². The predicted molar refractivity (Wildman–Crippen MR) is 78.3 cm³/mol. The molecule has 0 fully saturated rings. The molecule has 1 aliphatic heterocycles. The highest BCUT2D eigenvalue weighted by molar-refractivity contribution is 5.33. The zero-order valence-corrected chi connectivity index (χ0v) is 11.8. The van der Waals surface area contributed by atoms with E-state index in [1.54, 1.807) is 0 Å². The van der Waals surface area contributed by atoms with E-state index >= 15 is 0 Å². The highest BCUT2D eigenvalue weighted by Crippen LogP contribution is 2.35. The second-order valence-corrected chi connectivity index (χ2v) is 5.25. The SMILES string of the molecule is CCCn1nccc1C(N)C1OCCc2ccccc21. The summed E-state index contributed by atoms with van der Waals surface area (Å²) in [6.45, 7) is 3.77. The summed E-state index contributed by atoms with van der Waals surface area (Å²) >= 11 is 0. The largest absolute Gasteiger partial charge is 0.371 e. The van der Waals surface area contributed by atoms with Crippen LogP contribution in [-0.4, -0.2) is 16.4 Å². The van der Waals surface area contributed by atoms with Crippen LogP contribution in [0.1, 0.15) is 42.3 Å². The molecule has 0 saturated heterocycles. The Kier molecular flexibility index (Phi) is 3.85. The van der Waals surface area contributed by atoms with Crippen molar-refractivity contribution in [3.8, 4) is 0 Å². The Bertz CT molecular complexity index is 579. The van der Waals surface area contributed by atoms with Crippen LogP contribution in [0.25, 0.3) is 0 Å². The smallest absolute Gasteiger partial charge is 0.103 e. The minimum Gasteiger partial charge on any atom is -0.371 e. The third-order valence-corrected chi connectivity index (χ3v) is 3.88. The molecule has 0 radical (unpaired) electrons. The molecule has 2 unspecified atom stereocenters. The van der Waals surface area contributed by atoms with Crippen molar-refractivity contribution in [2.45, 2.75) is 38.5 Å². The molecule has 4 nitrogen and oxygen atoms in total. The zero-order chi connectivity index (χ0) is 13.9. The summed E-state index contributed by atoms with van der Waals surface area (Å²) in [7, 11) is 0. The molecule has 3 rings (SSSR count). The monoisotopic (exact) mass is 271 g/mol. The third-order valence-electron chi connectivity index (χ3n) is 3.88. The van der Waals surface area contributed by atoms with Gasteiger partial charge in [-0.1, -0.05) is 31.2 Å². The number of benzene rings is 1. The highest BCUT2D eigenvalue weighted by atomic mass is 16.5. The number of ether oxygens (including phenoxy) is 1. The van der Waals surface area contributed by atoms with Crippen molar-refractivity contribution in [2.75, 3.05) is 6.61 Å². The van der Waals surface area contributed by atoms with Crippen molar-refractivity contribution in [3.63, 3.8) is 0 Å². The molecule has 1 aliphatic rings. The van der Waals surface area contributed by atoms with Crippen LogP contribution in [-0.2, 0) is 17.7 Å². The molecular formula is C16H21N3O. The van der Waals surface area contributed by atoms with Gasteiger partial charge in [0.05, 0.1) is 18.3 Å². The van der Waals surface area contributed by atoms with Gasteiger partial charge < -0.3 is 10.5 Å². The van der Waals surface area contributed by atoms with Gasteiger partial charge in [-0.25, -0.2) is 0 Å². The average Bonchev–Trinajstić information content (AvgIpc) is 2.94. The van der Waals surface area contributed by atoms with Crippen molar-refractivity contribution in [2.24, 2.45) is 5.73 Å². The Hall–Kier alpha value is -1.65. The van der Waals surface area contributed by atoms with Gasteiger partial charge in [0.25, 0.3) is 0 Å². The zero-order valence-electron chi connectivity index (χ0n) is 11.8. The van der Waals surface area contributed by atoms with E-state index in [9.17, 15) is 0 Å². The van der Waals surface area contributed by atoms with Crippen LogP contribution in [0.4, 0.5) is 0 Å². The maximum absolute atomic E-state index is 6.47. The highest BCUT2D eigenvalue weighted by Gasteiger charge is 2.29. The Balaban J connectivity index is 1.91. The first-order valence-electron chi connectivity index (χ1n) is 7.28. The maximum atomic E-state index is 6.47. The van der Waals surface area contributed by atoms with Gasteiger partial charge in [-0.3, -0.25) is 4.68 Å². The first-order chi connectivity index (χ1) is 9.81. The number of aryl methyl sites for hydroxylation is 1. The molecule has 0 spiro atoms. The molecule has 2 atom stereocenters. The first-order valence-corrected chi connectivity index (χ1v) is 7.28. The molecule has 106 valence electrons. The third kappa shape index (κ3) is 2.37. The van der Waals surface area contributed by atoms with Gasteiger partial charge >= 0.3 is 0 Å². The van der Waals surface area contributed by atoms with Gasteiger partial charge in [-0.2, -0.15) is 5.10 Å². The summed E-state index contributed by atoms with van der Waals surface area (Å²) in [5, 5.41) is 4.36. The molecule has 2 N–H and O–H groups in total. The minimum absolute atomic E-state index is 0.0766. The van der Waals surface area contributed by atoms with Crippen molar-refractivity contribution in [1.82, 2.24) is 9.78 Å². The van der Waals surface area contributed by atoms with Crippen molar-refractivity contribution >= 4 is 0 Å². The van der Waals surface area contributed by atoms with Crippen molar-refractivity contribution in [1.29, 1.82) is 0 Å². The molecule has 0 aliphatic carbocycles. The normalized spacial score (nSPS) is 19.6. The van der Waals surface area contributed by atoms with Gasteiger partial charge in [0, 0.05) is 12.7 Å². The van der Waals surface area contributed by atoms with E-state index in [0.29, 0.717) is 0 Å². The molecule has 20 heavy (non-hydrogen) atoms. The molecule has 1 aromatic heterocycles. The fraction of sp³-hybridized carbons (Fsp3) is 0.438. The lowest BCUT2D eigenvalue weighted by atomic mass is 9.92. The van der Waals surface area contributed by atoms with Gasteiger partial charge in [0.1, 0.15) is 6.10 Å². The number of rotatable bonds is 4. The Labute approximate surface area is 119 Å². The predicted octanol–water partition coefficient (Wildman–Crippen LogP) is 2.61. The Morgan fingerprint density at radius 2 is 2.25 bits per heavy atom. The van der Waals surface area contributed by atoms with Crippen LogP contribution in [0, 0.1) is 0 Å². The minimum atomic E-state index is -0.175. The van der Waals surface area contributed by atoms with Gasteiger partial charge in [-0.15, -0.1) is 0 Å². The quantitative estimate of drug-likeness (QED) is 0.930. The van der Waals surface area contributed by atoms with E-state index in [2.05, 4.69) is 36.3 Å². The molecule has 2 aromatic rings. The van der Waals surface area contributed by atoms with Crippen LogP contribution in [0.15, 0.2) is 36.5 Å². The van der Waals surface area contributed by atoms with Gasteiger partial charge in [-0.05, 0) is 30.0 Å². The van der Waals surface area contributed by atoms with Gasteiger partial charge in [0.2, 0.25) is 0 Å². The summed E-state index contributed by atoms with van der Waals surface area (Å²) < 4.78 is 7.95. The topological polar surface area (TPSA) is 53.1 Å². The van der Waals surface area contributed by atoms with E-state index < -0.39 is 0 Å². The van der Waals surface area contributed by atoms with Crippen molar-refractivity contribution < 1.29 is 4.74 Å². The number of aromatic nitrogens is 2. The number of nitrogens with zero attached hydrogens (tertiary/aromatic N) is 2.